The van der Waals surface area contributed by atoms with Crippen molar-refractivity contribution in [2.45, 2.75) is 71.0 Å². The molecular formula is C22H40N8O2S. The second kappa shape index (κ2) is 11.3. The third-order valence-electron chi connectivity index (χ3n) is 6.72. The van der Waals surface area contributed by atoms with E-state index in [1.807, 2.05) is 29.1 Å². The van der Waals surface area contributed by atoms with Crippen molar-refractivity contribution >= 4 is 16.2 Å². The topological polar surface area (TPSA) is 115 Å². The SMILES string of the molecule is CC(C)NC1NC(n2cccc2)=NC(NCC2CCC(CNS(=O)(=O)N3CCCC3)CC2)N1. The molecule has 0 amide bonds. The van der Waals surface area contributed by atoms with Crippen LogP contribution in [-0.4, -0.2) is 68.0 Å². The lowest BCUT2D eigenvalue weighted by atomic mass is 9.82. The van der Waals surface area contributed by atoms with Crippen molar-refractivity contribution in [2.75, 3.05) is 26.2 Å². The van der Waals surface area contributed by atoms with E-state index >= 15 is 0 Å². The molecule has 11 heteroatoms. The number of nitrogens with zero attached hydrogens (tertiary/aromatic N) is 3. The normalized spacial score (nSPS) is 29.2. The van der Waals surface area contributed by atoms with Crippen molar-refractivity contribution in [1.29, 1.82) is 0 Å². The Morgan fingerprint density at radius 3 is 2.33 bits per heavy atom. The van der Waals surface area contributed by atoms with Crippen LogP contribution in [0.2, 0.25) is 0 Å². The predicted octanol–water partition coefficient (Wildman–Crippen LogP) is 0.776. The third kappa shape index (κ3) is 7.00. The number of hydrogen-bond donors (Lipinski definition) is 5. The summed E-state index contributed by atoms with van der Waals surface area (Å²) in [5.74, 6) is 1.81. The van der Waals surface area contributed by atoms with Crippen LogP contribution in [0.15, 0.2) is 29.5 Å². The van der Waals surface area contributed by atoms with Gasteiger partial charge in [0.05, 0.1) is 0 Å². The summed E-state index contributed by atoms with van der Waals surface area (Å²) in [6.07, 6.45) is 9.99. The molecule has 4 rings (SSSR count). The van der Waals surface area contributed by atoms with Gasteiger partial charge in [0.1, 0.15) is 6.29 Å². The van der Waals surface area contributed by atoms with E-state index in [-0.39, 0.29) is 12.6 Å². The van der Waals surface area contributed by atoms with Gasteiger partial charge < -0.3 is 5.32 Å². The van der Waals surface area contributed by atoms with E-state index in [1.54, 1.807) is 4.31 Å². The first-order valence-electron chi connectivity index (χ1n) is 12.4. The maximum absolute atomic E-state index is 12.4. The second-order valence-electron chi connectivity index (χ2n) is 9.77. The Kier molecular flexibility index (Phi) is 8.42. The molecule has 3 heterocycles. The molecule has 1 saturated heterocycles. The molecule has 0 spiro atoms. The first kappa shape index (κ1) is 24.6. The Labute approximate surface area is 198 Å². The van der Waals surface area contributed by atoms with E-state index in [2.05, 4.69) is 39.8 Å². The van der Waals surface area contributed by atoms with Gasteiger partial charge in [-0.1, -0.05) is 0 Å². The molecule has 2 atom stereocenters. The molecule has 2 aliphatic heterocycles. The van der Waals surface area contributed by atoms with Crippen molar-refractivity contribution in [3.63, 3.8) is 0 Å². The Balaban J connectivity index is 1.22. The van der Waals surface area contributed by atoms with Crippen molar-refractivity contribution in [3.05, 3.63) is 24.5 Å². The molecule has 1 aromatic heterocycles. The average Bonchev–Trinajstić information content (AvgIpc) is 3.51. The standard InChI is InChI=1S/C22H40N8O2S/c1-17(2)25-21-26-20(27-22(28-21)29-11-3-4-12-29)23-15-18-7-9-19(10-8-18)16-24-33(31,32)30-13-5-6-14-30/h3-4,11-12,17-21,23-26H,5-10,13-16H2,1-2H3,(H,27,28). The lowest BCUT2D eigenvalue weighted by molar-refractivity contribution is 0.237. The maximum atomic E-state index is 12.4. The molecule has 0 radical (unpaired) electrons. The zero-order valence-corrected chi connectivity index (χ0v) is 20.7. The van der Waals surface area contributed by atoms with Crippen molar-refractivity contribution in [2.24, 2.45) is 16.8 Å². The Morgan fingerprint density at radius 1 is 1.06 bits per heavy atom. The quantitative estimate of drug-likeness (QED) is 0.357. The molecule has 5 N–H and O–H groups in total. The molecule has 1 saturated carbocycles. The van der Waals surface area contributed by atoms with Gasteiger partial charge in [-0.15, -0.1) is 0 Å². The number of nitrogens with one attached hydrogen (secondary N) is 5. The van der Waals surface area contributed by atoms with E-state index in [0.717, 1.165) is 51.0 Å². The molecular weight excluding hydrogens is 440 g/mol. The average molecular weight is 481 g/mol. The van der Waals surface area contributed by atoms with Crippen LogP contribution in [0.3, 0.4) is 0 Å². The molecule has 0 bridgehead atoms. The Bertz CT molecular complexity index is 859. The van der Waals surface area contributed by atoms with Crippen LogP contribution in [0.1, 0.15) is 52.4 Å². The molecule has 2 fully saturated rings. The number of rotatable bonds is 9. The zero-order chi connectivity index (χ0) is 23.3. The summed E-state index contributed by atoms with van der Waals surface area (Å²) in [7, 11) is -3.30. The first-order valence-corrected chi connectivity index (χ1v) is 13.8. The van der Waals surface area contributed by atoms with E-state index < -0.39 is 10.2 Å². The van der Waals surface area contributed by atoms with Gasteiger partial charge in [-0.2, -0.15) is 12.7 Å². The smallest absolute Gasteiger partial charge is 0.279 e. The first-order chi connectivity index (χ1) is 15.9. The minimum atomic E-state index is -3.30. The van der Waals surface area contributed by atoms with Crippen LogP contribution in [0, 0.1) is 11.8 Å². The van der Waals surface area contributed by atoms with Gasteiger partial charge in [-0.05, 0) is 76.3 Å². The summed E-state index contributed by atoms with van der Waals surface area (Å²) in [5, 5.41) is 13.9. The highest BCUT2D eigenvalue weighted by Gasteiger charge is 2.28. The van der Waals surface area contributed by atoms with Gasteiger partial charge in [-0.3, -0.25) is 20.5 Å². The number of aliphatic imine (C=N–C) groups is 1. The van der Waals surface area contributed by atoms with Crippen LogP contribution in [0.4, 0.5) is 0 Å². The zero-order valence-electron chi connectivity index (χ0n) is 19.8. The van der Waals surface area contributed by atoms with Gasteiger partial charge in [-0.25, -0.2) is 9.71 Å². The van der Waals surface area contributed by atoms with Crippen LogP contribution in [0.5, 0.6) is 0 Å². The lowest BCUT2D eigenvalue weighted by Crippen LogP contribution is -2.66. The molecule has 0 aromatic carbocycles. The molecule has 186 valence electrons. The van der Waals surface area contributed by atoms with Gasteiger partial charge in [0.25, 0.3) is 10.2 Å². The molecule has 10 nitrogen and oxygen atoms in total. The molecule has 1 aromatic rings. The number of hydrogen-bond acceptors (Lipinski definition) is 7. The fourth-order valence-electron chi connectivity index (χ4n) is 4.83. The second-order valence-corrected chi connectivity index (χ2v) is 11.5. The van der Waals surface area contributed by atoms with Crippen LogP contribution in [-0.2, 0) is 10.2 Å². The minimum absolute atomic E-state index is 0.0724. The molecule has 1 aliphatic carbocycles. The number of aromatic nitrogens is 1. The summed E-state index contributed by atoms with van der Waals surface area (Å²) in [4.78, 5) is 4.80. The summed E-state index contributed by atoms with van der Waals surface area (Å²) in [5.41, 5.74) is 0. The largest absolute Gasteiger partial charge is 0.327 e. The van der Waals surface area contributed by atoms with Crippen molar-refractivity contribution in [3.8, 4) is 0 Å². The highest BCUT2D eigenvalue weighted by molar-refractivity contribution is 7.87. The lowest BCUT2D eigenvalue weighted by Gasteiger charge is -2.35. The third-order valence-corrected chi connectivity index (χ3v) is 8.30. The van der Waals surface area contributed by atoms with Crippen LogP contribution >= 0.6 is 0 Å². The predicted molar refractivity (Wildman–Crippen MR) is 131 cm³/mol. The Morgan fingerprint density at radius 2 is 1.70 bits per heavy atom. The molecule has 33 heavy (non-hydrogen) atoms. The monoisotopic (exact) mass is 480 g/mol. The van der Waals surface area contributed by atoms with Crippen LogP contribution < -0.4 is 26.0 Å². The van der Waals surface area contributed by atoms with Gasteiger partial charge in [0, 0.05) is 44.6 Å². The summed E-state index contributed by atoms with van der Waals surface area (Å²) >= 11 is 0. The molecule has 3 aliphatic rings. The summed E-state index contributed by atoms with van der Waals surface area (Å²) in [6.45, 7) is 7.00. The fourth-order valence-corrected chi connectivity index (χ4v) is 6.20. The highest BCUT2D eigenvalue weighted by atomic mass is 32.2. The van der Waals surface area contributed by atoms with Crippen molar-refractivity contribution < 1.29 is 8.42 Å². The van der Waals surface area contributed by atoms with E-state index in [4.69, 9.17) is 4.99 Å². The fraction of sp³-hybridized carbons (Fsp3) is 0.773. The van der Waals surface area contributed by atoms with E-state index in [0.29, 0.717) is 37.5 Å². The van der Waals surface area contributed by atoms with E-state index in [1.165, 1.54) is 0 Å². The maximum Gasteiger partial charge on any atom is 0.279 e. The van der Waals surface area contributed by atoms with Gasteiger partial charge in [0.15, 0.2) is 6.29 Å². The minimum Gasteiger partial charge on any atom is -0.327 e. The van der Waals surface area contributed by atoms with E-state index in [9.17, 15) is 8.42 Å². The van der Waals surface area contributed by atoms with Crippen molar-refractivity contribution in [1.82, 2.24) is 34.9 Å². The molecule has 2 unspecified atom stereocenters. The summed E-state index contributed by atoms with van der Waals surface area (Å²) < 4.78 is 31.2. The highest BCUT2D eigenvalue weighted by Crippen LogP contribution is 2.28. The Hall–Kier alpha value is -1.50. The summed E-state index contributed by atoms with van der Waals surface area (Å²) in [6, 6.07) is 4.31. The van der Waals surface area contributed by atoms with Crippen LogP contribution in [0.25, 0.3) is 0 Å². The van der Waals surface area contributed by atoms with Gasteiger partial charge in [0.2, 0.25) is 5.96 Å². The van der Waals surface area contributed by atoms with Gasteiger partial charge >= 0.3 is 0 Å².